The molecule has 0 saturated carbocycles. The Hall–Kier alpha value is -2.22. The molecule has 1 amide bonds. The van der Waals surface area contributed by atoms with E-state index >= 15 is 0 Å². The maximum absolute atomic E-state index is 13.8. The Balaban J connectivity index is 1.60. The van der Waals surface area contributed by atoms with Crippen LogP contribution in [-0.4, -0.2) is 50.4 Å². The van der Waals surface area contributed by atoms with Crippen molar-refractivity contribution in [2.75, 3.05) is 26.6 Å². The Labute approximate surface area is 198 Å². The number of amides is 1. The summed E-state index contributed by atoms with van der Waals surface area (Å²) >= 11 is 0. The van der Waals surface area contributed by atoms with Crippen LogP contribution in [-0.2, 0) is 31.8 Å². The van der Waals surface area contributed by atoms with Gasteiger partial charge in [0.25, 0.3) is 0 Å². The van der Waals surface area contributed by atoms with Gasteiger partial charge in [-0.05, 0) is 31.0 Å². The Kier molecular flexibility index (Phi) is 6.67. The van der Waals surface area contributed by atoms with E-state index in [0.29, 0.717) is 38.7 Å². The van der Waals surface area contributed by atoms with Gasteiger partial charge in [0.05, 0.1) is 24.3 Å². The number of aromatic nitrogens is 1. The number of carbonyl (C=O) groups is 1. The molecule has 1 saturated heterocycles. The van der Waals surface area contributed by atoms with E-state index in [0.717, 1.165) is 22.9 Å². The number of fused-ring (bicyclic) bond motifs is 2. The minimum atomic E-state index is -1.20. The van der Waals surface area contributed by atoms with Crippen LogP contribution >= 0.6 is 0 Å². The van der Waals surface area contributed by atoms with Gasteiger partial charge in [-0.2, -0.15) is 0 Å². The van der Waals surface area contributed by atoms with Gasteiger partial charge in [-0.3, -0.25) is 4.79 Å². The topological polar surface area (TPSA) is 60.9 Å². The highest BCUT2D eigenvalue weighted by Gasteiger charge is 2.59. The zero-order chi connectivity index (χ0) is 23.7. The van der Waals surface area contributed by atoms with Crippen LogP contribution in [0.4, 0.5) is 0 Å². The van der Waals surface area contributed by atoms with Crippen molar-refractivity contribution in [3.63, 3.8) is 0 Å². The van der Waals surface area contributed by atoms with Crippen molar-refractivity contribution in [2.45, 2.75) is 63.5 Å². The van der Waals surface area contributed by atoms with Crippen molar-refractivity contribution in [2.24, 2.45) is 0 Å². The zero-order valence-electron chi connectivity index (χ0n) is 20.5. The SMILES string of the molecule is CCC1(C)C(=O)N(COCC[Si](C)(C)C)C2(COC2)c2ccc(OCc3ccccc3)nc21. The fourth-order valence-electron chi connectivity index (χ4n) is 4.43. The molecule has 1 spiro atoms. The first-order valence-corrected chi connectivity index (χ1v) is 15.6. The smallest absolute Gasteiger partial charge is 0.237 e. The predicted octanol–water partition coefficient (Wildman–Crippen LogP) is 4.71. The average Bonchev–Trinajstić information content (AvgIpc) is 2.77. The van der Waals surface area contributed by atoms with Gasteiger partial charge in [0.2, 0.25) is 11.8 Å². The van der Waals surface area contributed by atoms with Gasteiger partial charge in [0, 0.05) is 26.3 Å². The van der Waals surface area contributed by atoms with Crippen molar-refractivity contribution in [1.29, 1.82) is 0 Å². The van der Waals surface area contributed by atoms with Crippen molar-refractivity contribution in [1.82, 2.24) is 9.88 Å². The standard InChI is InChI=1S/C26H36N2O4Si/c1-6-25(2)23-21(12-13-22(27-23)32-16-20-10-8-7-9-11-20)26(17-31-18-26)28(24(25)29)19-30-14-15-33(3,4)5/h7-13H,6,14-19H2,1-5H3. The molecule has 1 unspecified atom stereocenters. The molecular weight excluding hydrogens is 432 g/mol. The monoisotopic (exact) mass is 468 g/mol. The number of pyridine rings is 1. The molecule has 1 atom stereocenters. The van der Waals surface area contributed by atoms with E-state index in [-0.39, 0.29) is 12.6 Å². The predicted molar refractivity (Wildman–Crippen MR) is 131 cm³/mol. The third kappa shape index (κ3) is 4.59. The molecule has 33 heavy (non-hydrogen) atoms. The Bertz CT molecular complexity index is 988. The van der Waals surface area contributed by atoms with E-state index in [1.807, 2.05) is 55.1 Å². The number of benzene rings is 1. The molecule has 1 fully saturated rings. The fraction of sp³-hybridized carbons (Fsp3) is 0.538. The van der Waals surface area contributed by atoms with Gasteiger partial charge in [-0.25, -0.2) is 4.98 Å². The Morgan fingerprint density at radius 1 is 1.12 bits per heavy atom. The van der Waals surface area contributed by atoms with Gasteiger partial charge in [0.1, 0.15) is 18.9 Å². The van der Waals surface area contributed by atoms with Crippen LogP contribution in [0.2, 0.25) is 25.7 Å². The zero-order valence-corrected chi connectivity index (χ0v) is 21.5. The molecule has 178 valence electrons. The molecule has 0 bridgehead atoms. The maximum atomic E-state index is 13.8. The molecule has 7 heteroatoms. The molecule has 3 heterocycles. The largest absolute Gasteiger partial charge is 0.473 e. The maximum Gasteiger partial charge on any atom is 0.237 e. The minimum Gasteiger partial charge on any atom is -0.473 e. The summed E-state index contributed by atoms with van der Waals surface area (Å²) in [6.07, 6.45) is 0.649. The molecule has 4 rings (SSSR count). The summed E-state index contributed by atoms with van der Waals surface area (Å²) in [6, 6.07) is 15.1. The minimum absolute atomic E-state index is 0.0570. The molecule has 0 N–H and O–H groups in total. The van der Waals surface area contributed by atoms with Crippen LogP contribution in [0.5, 0.6) is 5.88 Å². The van der Waals surface area contributed by atoms with E-state index in [1.165, 1.54) is 0 Å². The van der Waals surface area contributed by atoms with Gasteiger partial charge in [-0.15, -0.1) is 0 Å². The third-order valence-electron chi connectivity index (χ3n) is 6.96. The lowest BCUT2D eigenvalue weighted by atomic mass is 9.69. The number of rotatable bonds is 9. The van der Waals surface area contributed by atoms with Crippen LogP contribution in [0.1, 0.15) is 37.1 Å². The molecule has 2 aliphatic rings. The van der Waals surface area contributed by atoms with E-state index in [1.54, 1.807) is 0 Å². The summed E-state index contributed by atoms with van der Waals surface area (Å²) in [5, 5.41) is 0. The summed E-state index contributed by atoms with van der Waals surface area (Å²) in [6.45, 7) is 13.4. The van der Waals surface area contributed by atoms with E-state index in [2.05, 4.69) is 25.7 Å². The normalized spacial score (nSPS) is 21.6. The number of hydrogen-bond acceptors (Lipinski definition) is 5. The van der Waals surface area contributed by atoms with Gasteiger partial charge < -0.3 is 19.1 Å². The van der Waals surface area contributed by atoms with E-state index < -0.39 is 19.0 Å². The molecule has 0 radical (unpaired) electrons. The summed E-state index contributed by atoms with van der Waals surface area (Å²) in [4.78, 5) is 20.6. The summed E-state index contributed by atoms with van der Waals surface area (Å²) in [7, 11) is -1.20. The van der Waals surface area contributed by atoms with Crippen LogP contribution in [0.25, 0.3) is 0 Å². The van der Waals surface area contributed by atoms with Crippen molar-refractivity contribution in [3.8, 4) is 5.88 Å². The summed E-state index contributed by atoms with van der Waals surface area (Å²) in [5.74, 6) is 0.599. The first-order chi connectivity index (χ1) is 15.7. The second-order valence-corrected chi connectivity index (χ2v) is 16.2. The van der Waals surface area contributed by atoms with Crippen LogP contribution in [0.15, 0.2) is 42.5 Å². The quantitative estimate of drug-likeness (QED) is 0.394. The molecule has 0 aliphatic carbocycles. The lowest BCUT2D eigenvalue weighted by Crippen LogP contribution is -2.68. The Morgan fingerprint density at radius 3 is 2.45 bits per heavy atom. The highest BCUT2D eigenvalue weighted by Crippen LogP contribution is 2.48. The summed E-state index contributed by atoms with van der Waals surface area (Å²) in [5.41, 5.74) is 1.70. The number of hydrogen-bond donors (Lipinski definition) is 0. The number of carbonyl (C=O) groups excluding carboxylic acids is 1. The van der Waals surface area contributed by atoms with Crippen molar-refractivity contribution < 1.29 is 19.0 Å². The lowest BCUT2D eigenvalue weighted by Gasteiger charge is -2.56. The Morgan fingerprint density at radius 2 is 1.85 bits per heavy atom. The van der Waals surface area contributed by atoms with E-state index in [4.69, 9.17) is 19.2 Å². The fourth-order valence-corrected chi connectivity index (χ4v) is 5.19. The third-order valence-corrected chi connectivity index (χ3v) is 8.67. The first-order valence-electron chi connectivity index (χ1n) is 11.9. The molecule has 2 aromatic rings. The molecule has 1 aromatic carbocycles. The molecule has 6 nitrogen and oxygen atoms in total. The van der Waals surface area contributed by atoms with Crippen LogP contribution in [0, 0.1) is 0 Å². The highest BCUT2D eigenvalue weighted by atomic mass is 28.3. The van der Waals surface area contributed by atoms with Crippen LogP contribution in [0.3, 0.4) is 0 Å². The van der Waals surface area contributed by atoms with Gasteiger partial charge in [0.15, 0.2) is 0 Å². The second kappa shape index (κ2) is 9.20. The second-order valence-electron chi connectivity index (χ2n) is 10.6. The average molecular weight is 469 g/mol. The molecule has 1 aromatic heterocycles. The molecular formula is C26H36N2O4Si. The number of nitrogens with zero attached hydrogens (tertiary/aromatic N) is 2. The summed E-state index contributed by atoms with van der Waals surface area (Å²) < 4.78 is 17.7. The number of ether oxygens (including phenoxy) is 3. The lowest BCUT2D eigenvalue weighted by molar-refractivity contribution is -0.197. The van der Waals surface area contributed by atoms with E-state index in [9.17, 15) is 4.79 Å². The van der Waals surface area contributed by atoms with Crippen molar-refractivity contribution in [3.05, 3.63) is 59.3 Å². The van der Waals surface area contributed by atoms with Crippen molar-refractivity contribution >= 4 is 14.0 Å². The van der Waals surface area contributed by atoms with Crippen LogP contribution < -0.4 is 4.74 Å². The van der Waals surface area contributed by atoms with Gasteiger partial charge in [-0.1, -0.05) is 56.9 Å². The first kappa shape index (κ1) is 23.9. The molecule has 2 aliphatic heterocycles. The van der Waals surface area contributed by atoms with Gasteiger partial charge >= 0.3 is 0 Å². The highest BCUT2D eigenvalue weighted by molar-refractivity contribution is 6.76.